The number of rotatable bonds is 6. The fourth-order valence-corrected chi connectivity index (χ4v) is 4.65. The van der Waals surface area contributed by atoms with Crippen LogP contribution in [0.3, 0.4) is 0 Å². The first-order chi connectivity index (χ1) is 13.7. The van der Waals surface area contributed by atoms with E-state index in [0.29, 0.717) is 18.2 Å². The Hall–Kier alpha value is -1.54. The van der Waals surface area contributed by atoms with Gasteiger partial charge in [-0.25, -0.2) is 0 Å². The van der Waals surface area contributed by atoms with Crippen molar-refractivity contribution >= 4 is 18.3 Å². The topological polar surface area (TPSA) is 61.4 Å². The molecule has 1 aromatic rings. The van der Waals surface area contributed by atoms with Crippen molar-refractivity contribution in [2.75, 3.05) is 13.1 Å². The van der Waals surface area contributed by atoms with Gasteiger partial charge in [0.2, 0.25) is 0 Å². The van der Waals surface area contributed by atoms with Crippen LogP contribution in [0.15, 0.2) is 30.3 Å². The van der Waals surface area contributed by atoms with Gasteiger partial charge in [-0.2, -0.15) is 0 Å². The molecule has 0 heterocycles. The molecule has 2 saturated carbocycles. The third-order valence-corrected chi connectivity index (χ3v) is 6.30. The molecule has 2 aliphatic carbocycles. The van der Waals surface area contributed by atoms with Gasteiger partial charge in [0.25, 0.3) is 5.91 Å². The highest BCUT2D eigenvalue weighted by Gasteiger charge is 2.45. The number of aliphatic hydroxyl groups is 1. The predicted octanol–water partition coefficient (Wildman–Crippen LogP) is 3.92. The molecule has 0 bridgehead atoms. The lowest BCUT2D eigenvalue weighted by atomic mass is 9.73. The van der Waals surface area contributed by atoms with Gasteiger partial charge in [-0.05, 0) is 31.2 Å². The normalized spacial score (nSPS) is 19.9. The Balaban J connectivity index is 0.00000300. The Morgan fingerprint density at radius 2 is 1.52 bits per heavy atom. The van der Waals surface area contributed by atoms with E-state index in [4.69, 9.17) is 0 Å². The number of benzene rings is 1. The molecule has 1 amide bonds. The first kappa shape index (κ1) is 23.7. The van der Waals surface area contributed by atoms with Gasteiger partial charge in [-0.15, -0.1) is 12.4 Å². The van der Waals surface area contributed by atoms with Crippen LogP contribution < -0.4 is 10.6 Å². The van der Waals surface area contributed by atoms with Crippen molar-refractivity contribution in [3.05, 3.63) is 35.9 Å². The van der Waals surface area contributed by atoms with Gasteiger partial charge >= 0.3 is 0 Å². The Kier molecular flexibility index (Phi) is 10.0. The molecule has 1 atom stereocenters. The summed E-state index contributed by atoms with van der Waals surface area (Å²) in [4.78, 5) is 13.0. The second-order valence-corrected chi connectivity index (χ2v) is 8.22. The number of nitrogens with one attached hydrogen (secondary N) is 2. The first-order valence-corrected chi connectivity index (χ1v) is 11.0. The summed E-state index contributed by atoms with van der Waals surface area (Å²) in [5, 5.41) is 17.8. The number of carbonyl (C=O) groups excluding carboxylic acids is 1. The molecule has 160 valence electrons. The third-order valence-electron chi connectivity index (χ3n) is 6.30. The van der Waals surface area contributed by atoms with Gasteiger partial charge < -0.3 is 15.7 Å². The molecule has 5 heteroatoms. The van der Waals surface area contributed by atoms with Gasteiger partial charge in [0.05, 0.1) is 13.1 Å². The quantitative estimate of drug-likeness (QED) is 0.613. The Bertz CT molecular complexity index is 673. The maximum absolute atomic E-state index is 13.0. The Morgan fingerprint density at radius 1 is 0.931 bits per heavy atom. The lowest BCUT2D eigenvalue weighted by Crippen LogP contribution is -2.50. The molecule has 4 nitrogen and oxygen atoms in total. The maximum atomic E-state index is 13.0. The van der Waals surface area contributed by atoms with Crippen LogP contribution >= 0.6 is 12.4 Å². The lowest BCUT2D eigenvalue weighted by molar-refractivity contribution is -0.149. The van der Waals surface area contributed by atoms with E-state index in [1.807, 2.05) is 30.3 Å². The van der Waals surface area contributed by atoms with Crippen LogP contribution in [0.25, 0.3) is 0 Å². The average molecular weight is 419 g/mol. The van der Waals surface area contributed by atoms with Gasteiger partial charge in [0.1, 0.15) is 0 Å². The van der Waals surface area contributed by atoms with Crippen molar-refractivity contribution in [2.24, 2.45) is 5.92 Å². The molecule has 1 aromatic carbocycles. The average Bonchev–Trinajstić information content (AvgIpc) is 2.77. The van der Waals surface area contributed by atoms with Gasteiger partial charge in [-0.1, -0.05) is 80.7 Å². The van der Waals surface area contributed by atoms with E-state index < -0.39 is 5.60 Å². The second kappa shape index (κ2) is 12.2. The number of halogens is 1. The zero-order valence-corrected chi connectivity index (χ0v) is 18.1. The van der Waals surface area contributed by atoms with Gasteiger partial charge in [0.15, 0.2) is 5.60 Å². The van der Waals surface area contributed by atoms with Gasteiger partial charge in [-0.3, -0.25) is 4.79 Å². The summed E-state index contributed by atoms with van der Waals surface area (Å²) in [6.45, 7) is 0.930. The molecule has 2 aliphatic rings. The number of carbonyl (C=O) groups is 1. The van der Waals surface area contributed by atoms with Crippen LogP contribution in [0.5, 0.6) is 0 Å². The molecule has 3 rings (SSSR count). The van der Waals surface area contributed by atoms with Crippen molar-refractivity contribution < 1.29 is 9.90 Å². The molecular formula is C24H35ClN2O2. The van der Waals surface area contributed by atoms with Crippen molar-refractivity contribution in [1.82, 2.24) is 10.6 Å². The molecule has 29 heavy (non-hydrogen) atoms. The number of hydrogen-bond donors (Lipinski definition) is 3. The van der Waals surface area contributed by atoms with Crippen LogP contribution in [0.1, 0.15) is 69.8 Å². The SMILES string of the molecule is Cl.O=C(NCC#CCNC1CCCCC1)C(O)(c1ccccc1)C1CCCCC1. The van der Waals surface area contributed by atoms with E-state index in [1.165, 1.54) is 38.5 Å². The minimum atomic E-state index is -1.47. The maximum Gasteiger partial charge on any atom is 0.257 e. The fourth-order valence-electron chi connectivity index (χ4n) is 4.65. The van der Waals surface area contributed by atoms with E-state index in [1.54, 1.807) is 0 Å². The highest BCUT2D eigenvalue weighted by molar-refractivity contribution is 5.87. The molecule has 0 aliphatic heterocycles. The lowest BCUT2D eigenvalue weighted by Gasteiger charge is -2.37. The van der Waals surface area contributed by atoms with Crippen molar-refractivity contribution in [2.45, 2.75) is 75.9 Å². The molecule has 2 fully saturated rings. The van der Waals surface area contributed by atoms with E-state index in [2.05, 4.69) is 22.5 Å². The van der Waals surface area contributed by atoms with E-state index in [0.717, 1.165) is 25.7 Å². The zero-order valence-electron chi connectivity index (χ0n) is 17.3. The van der Waals surface area contributed by atoms with E-state index >= 15 is 0 Å². The summed E-state index contributed by atoms with van der Waals surface area (Å²) in [5.41, 5.74) is -0.782. The van der Waals surface area contributed by atoms with Crippen molar-refractivity contribution in [1.29, 1.82) is 0 Å². The fraction of sp³-hybridized carbons (Fsp3) is 0.625. The summed E-state index contributed by atoms with van der Waals surface area (Å²) < 4.78 is 0. The largest absolute Gasteiger partial charge is 0.375 e. The smallest absolute Gasteiger partial charge is 0.257 e. The summed E-state index contributed by atoms with van der Waals surface area (Å²) >= 11 is 0. The van der Waals surface area contributed by atoms with E-state index in [9.17, 15) is 9.90 Å². The molecule has 0 aromatic heterocycles. The molecule has 0 radical (unpaired) electrons. The minimum absolute atomic E-state index is 0. The van der Waals surface area contributed by atoms with Crippen molar-refractivity contribution in [3.63, 3.8) is 0 Å². The molecular weight excluding hydrogens is 384 g/mol. The first-order valence-electron chi connectivity index (χ1n) is 11.0. The third kappa shape index (κ3) is 6.47. The standard InChI is InChI=1S/C24H34N2O2.ClH/c27-23(26-19-11-10-18-25-22-16-8-3-9-17-22)24(28,20-12-4-1-5-13-20)21-14-6-2-7-15-21;/h1,4-5,12-13,21-22,25,28H,2-3,6-9,14-19H2,(H,26,27);1H. The van der Waals surface area contributed by atoms with Crippen LogP contribution in [0, 0.1) is 17.8 Å². The van der Waals surface area contributed by atoms with Gasteiger partial charge in [0, 0.05) is 12.0 Å². The number of hydrogen-bond acceptors (Lipinski definition) is 3. The molecule has 0 spiro atoms. The van der Waals surface area contributed by atoms with Crippen LogP contribution in [-0.2, 0) is 10.4 Å². The van der Waals surface area contributed by atoms with E-state index in [-0.39, 0.29) is 30.8 Å². The Morgan fingerprint density at radius 3 is 2.17 bits per heavy atom. The van der Waals surface area contributed by atoms with Crippen LogP contribution in [-0.4, -0.2) is 30.1 Å². The molecule has 1 unspecified atom stereocenters. The summed E-state index contributed by atoms with van der Waals surface area (Å²) in [5.74, 6) is 5.77. The summed E-state index contributed by atoms with van der Waals surface area (Å²) in [7, 11) is 0. The molecule has 0 saturated heterocycles. The van der Waals surface area contributed by atoms with Crippen molar-refractivity contribution in [3.8, 4) is 11.8 Å². The van der Waals surface area contributed by atoms with Crippen LogP contribution in [0.2, 0.25) is 0 Å². The summed E-state index contributed by atoms with van der Waals surface area (Å²) in [6.07, 6.45) is 11.5. The number of amides is 1. The second-order valence-electron chi connectivity index (χ2n) is 8.22. The monoisotopic (exact) mass is 418 g/mol. The van der Waals surface area contributed by atoms with Crippen LogP contribution in [0.4, 0.5) is 0 Å². The summed E-state index contributed by atoms with van der Waals surface area (Å²) in [6, 6.07) is 9.97. The molecule has 3 N–H and O–H groups in total. The minimum Gasteiger partial charge on any atom is -0.375 e. The predicted molar refractivity (Wildman–Crippen MR) is 120 cm³/mol. The Labute approximate surface area is 181 Å². The highest BCUT2D eigenvalue weighted by Crippen LogP contribution is 2.39. The highest BCUT2D eigenvalue weighted by atomic mass is 35.5. The zero-order chi connectivity index (χ0) is 19.7.